The highest BCUT2D eigenvalue weighted by Crippen LogP contribution is 2.23. The normalized spacial score (nSPS) is 11.1. The number of benzene rings is 2. The van der Waals surface area contributed by atoms with Crippen LogP contribution in [0.4, 0.5) is 8.78 Å². The van der Waals surface area contributed by atoms with Gasteiger partial charge in [-0.2, -0.15) is 8.78 Å². The molecule has 0 aliphatic carbocycles. The zero-order chi connectivity index (χ0) is 19.4. The van der Waals surface area contributed by atoms with Crippen LogP contribution in [0.1, 0.15) is 13.3 Å². The van der Waals surface area contributed by atoms with Crippen LogP contribution in [0.25, 0.3) is 16.6 Å². The Labute approximate surface area is 158 Å². The van der Waals surface area contributed by atoms with Crippen molar-refractivity contribution in [1.29, 1.82) is 0 Å². The van der Waals surface area contributed by atoms with Crippen molar-refractivity contribution in [2.45, 2.75) is 25.1 Å². The molecule has 1 aromatic heterocycles. The molecule has 0 amide bonds. The fourth-order valence-electron chi connectivity index (χ4n) is 2.50. The monoisotopic (exact) mass is 390 g/mol. The smallest absolute Gasteiger partial charge is 0.387 e. The van der Waals surface area contributed by atoms with E-state index >= 15 is 0 Å². The summed E-state index contributed by atoms with van der Waals surface area (Å²) in [4.78, 5) is 28.8. The molecule has 0 saturated heterocycles. The minimum absolute atomic E-state index is 0.00123. The number of thioether (sulfide) groups is 1. The molecule has 0 saturated carbocycles. The highest BCUT2D eigenvalue weighted by atomic mass is 32.2. The van der Waals surface area contributed by atoms with Crippen molar-refractivity contribution in [1.82, 2.24) is 9.55 Å². The predicted octanol–water partition coefficient (Wildman–Crippen LogP) is 4.06. The van der Waals surface area contributed by atoms with Crippen molar-refractivity contribution in [3.8, 4) is 11.4 Å². The second-order valence-electron chi connectivity index (χ2n) is 5.72. The van der Waals surface area contributed by atoms with Crippen LogP contribution in [-0.2, 0) is 4.79 Å². The van der Waals surface area contributed by atoms with Crippen LogP contribution in [0.5, 0.6) is 5.75 Å². The van der Waals surface area contributed by atoms with Gasteiger partial charge in [0.15, 0.2) is 5.16 Å². The predicted molar refractivity (Wildman–Crippen MR) is 100.0 cm³/mol. The number of hydrogen-bond acceptors (Lipinski definition) is 5. The van der Waals surface area contributed by atoms with Crippen molar-refractivity contribution < 1.29 is 18.3 Å². The molecule has 1 heterocycles. The Hall–Kier alpha value is -2.74. The molecular weight excluding hydrogens is 374 g/mol. The van der Waals surface area contributed by atoms with Gasteiger partial charge in [0, 0.05) is 12.2 Å². The molecule has 0 atom stereocenters. The molecule has 140 valence electrons. The van der Waals surface area contributed by atoms with Gasteiger partial charge in [-0.15, -0.1) is 0 Å². The average molecular weight is 390 g/mol. The van der Waals surface area contributed by atoms with Crippen LogP contribution in [0, 0.1) is 0 Å². The van der Waals surface area contributed by atoms with Gasteiger partial charge < -0.3 is 4.74 Å². The molecule has 0 spiro atoms. The van der Waals surface area contributed by atoms with Crippen molar-refractivity contribution in [2.24, 2.45) is 0 Å². The summed E-state index contributed by atoms with van der Waals surface area (Å²) in [5.41, 5.74) is 0.764. The Morgan fingerprint density at radius 1 is 1.19 bits per heavy atom. The third kappa shape index (κ3) is 4.51. The highest BCUT2D eigenvalue weighted by molar-refractivity contribution is 7.99. The van der Waals surface area contributed by atoms with Gasteiger partial charge in [-0.1, -0.05) is 23.9 Å². The third-order valence-corrected chi connectivity index (χ3v) is 4.69. The van der Waals surface area contributed by atoms with Gasteiger partial charge in [0.25, 0.3) is 5.56 Å². The summed E-state index contributed by atoms with van der Waals surface area (Å²) in [6.07, 6.45) is 0.356. The molecule has 5 nitrogen and oxygen atoms in total. The Kier molecular flexibility index (Phi) is 5.85. The minimum Gasteiger partial charge on any atom is -0.435 e. The number of aromatic nitrogens is 2. The van der Waals surface area contributed by atoms with Crippen LogP contribution < -0.4 is 10.3 Å². The van der Waals surface area contributed by atoms with Gasteiger partial charge in [0.1, 0.15) is 11.5 Å². The number of carbonyl (C=O) groups is 1. The van der Waals surface area contributed by atoms with E-state index in [0.717, 1.165) is 0 Å². The molecule has 3 aromatic rings. The molecular formula is C19H16F2N2O3S. The standard InChI is InChI=1S/C19H16F2N2O3S/c1-12(24)10-11-27-19-22-16-5-3-2-4-15(16)17(25)23(19)13-6-8-14(9-7-13)26-18(20)21/h2-9,18H,10-11H2,1H3. The highest BCUT2D eigenvalue weighted by Gasteiger charge is 2.14. The number of para-hydroxylation sites is 1. The lowest BCUT2D eigenvalue weighted by molar-refractivity contribution is -0.116. The number of carbonyl (C=O) groups excluding carboxylic acids is 1. The second kappa shape index (κ2) is 8.30. The van der Waals surface area contributed by atoms with Crippen LogP contribution in [0.3, 0.4) is 0 Å². The first-order valence-electron chi connectivity index (χ1n) is 8.15. The molecule has 0 aliphatic rings. The molecule has 0 unspecified atom stereocenters. The number of ketones is 1. The summed E-state index contributed by atoms with van der Waals surface area (Å²) in [7, 11) is 0. The van der Waals surface area contributed by atoms with Gasteiger partial charge in [-0.05, 0) is 43.3 Å². The lowest BCUT2D eigenvalue weighted by Gasteiger charge is -2.13. The van der Waals surface area contributed by atoms with E-state index in [1.54, 1.807) is 24.3 Å². The first-order chi connectivity index (χ1) is 13.0. The summed E-state index contributed by atoms with van der Waals surface area (Å²) >= 11 is 1.29. The van der Waals surface area contributed by atoms with E-state index in [0.29, 0.717) is 33.9 Å². The molecule has 0 bridgehead atoms. The molecule has 0 fully saturated rings. The van der Waals surface area contributed by atoms with Crippen molar-refractivity contribution in [2.75, 3.05) is 5.75 Å². The number of ether oxygens (including phenoxy) is 1. The number of hydrogen-bond donors (Lipinski definition) is 0. The van der Waals surface area contributed by atoms with E-state index in [1.165, 1.54) is 47.5 Å². The van der Waals surface area contributed by atoms with Gasteiger partial charge in [-0.3, -0.25) is 14.2 Å². The van der Waals surface area contributed by atoms with Gasteiger partial charge in [-0.25, -0.2) is 4.98 Å². The lowest BCUT2D eigenvalue weighted by Crippen LogP contribution is -2.22. The second-order valence-corrected chi connectivity index (χ2v) is 6.79. The lowest BCUT2D eigenvalue weighted by atomic mass is 10.2. The SMILES string of the molecule is CC(=O)CCSc1nc2ccccc2c(=O)n1-c1ccc(OC(F)F)cc1. The number of Topliss-reactive ketones (excluding diaryl/α,β-unsaturated/α-hetero) is 1. The number of halogens is 2. The Bertz CT molecular complexity index is 1020. The Balaban J connectivity index is 2.07. The van der Waals surface area contributed by atoms with E-state index in [4.69, 9.17) is 0 Å². The van der Waals surface area contributed by atoms with E-state index in [1.807, 2.05) is 0 Å². The quantitative estimate of drug-likeness (QED) is 0.450. The average Bonchev–Trinajstić information content (AvgIpc) is 2.62. The Morgan fingerprint density at radius 2 is 1.89 bits per heavy atom. The first kappa shape index (κ1) is 19.0. The third-order valence-electron chi connectivity index (χ3n) is 3.75. The topological polar surface area (TPSA) is 61.2 Å². The van der Waals surface area contributed by atoms with E-state index in [2.05, 4.69) is 9.72 Å². The van der Waals surface area contributed by atoms with E-state index in [-0.39, 0.29) is 17.1 Å². The summed E-state index contributed by atoms with van der Waals surface area (Å²) in [5.74, 6) is 0.527. The molecule has 0 N–H and O–H groups in total. The van der Waals surface area contributed by atoms with Crippen LogP contribution >= 0.6 is 11.8 Å². The fourth-order valence-corrected chi connectivity index (χ4v) is 3.55. The van der Waals surface area contributed by atoms with Gasteiger partial charge >= 0.3 is 6.61 Å². The van der Waals surface area contributed by atoms with Crippen molar-refractivity contribution in [3.05, 3.63) is 58.9 Å². The van der Waals surface area contributed by atoms with Crippen LogP contribution in [0.2, 0.25) is 0 Å². The number of fused-ring (bicyclic) bond motifs is 1. The van der Waals surface area contributed by atoms with Crippen LogP contribution in [0.15, 0.2) is 58.5 Å². The maximum atomic E-state index is 13.0. The summed E-state index contributed by atoms with van der Waals surface area (Å²) in [6.45, 7) is -1.41. The zero-order valence-corrected chi connectivity index (χ0v) is 15.2. The number of nitrogens with zero attached hydrogens (tertiary/aromatic N) is 2. The zero-order valence-electron chi connectivity index (χ0n) is 14.4. The van der Waals surface area contributed by atoms with Gasteiger partial charge in [0.05, 0.1) is 16.6 Å². The molecule has 27 heavy (non-hydrogen) atoms. The number of alkyl halides is 2. The fraction of sp³-hybridized carbons (Fsp3) is 0.211. The maximum Gasteiger partial charge on any atom is 0.387 e. The van der Waals surface area contributed by atoms with Crippen molar-refractivity contribution in [3.63, 3.8) is 0 Å². The summed E-state index contributed by atoms with van der Waals surface area (Å²) in [5, 5.41) is 0.879. The Morgan fingerprint density at radius 3 is 2.56 bits per heavy atom. The van der Waals surface area contributed by atoms with E-state index < -0.39 is 6.61 Å². The molecule has 0 radical (unpaired) electrons. The van der Waals surface area contributed by atoms with Crippen molar-refractivity contribution >= 4 is 28.4 Å². The summed E-state index contributed by atoms with van der Waals surface area (Å²) < 4.78 is 30.4. The van der Waals surface area contributed by atoms with E-state index in [9.17, 15) is 18.4 Å². The molecule has 3 rings (SSSR count). The molecule has 0 aliphatic heterocycles. The summed E-state index contributed by atoms with van der Waals surface area (Å²) in [6, 6.07) is 12.7. The van der Waals surface area contributed by atoms with Crippen LogP contribution in [-0.4, -0.2) is 27.7 Å². The maximum absolute atomic E-state index is 13.0. The first-order valence-corrected chi connectivity index (χ1v) is 9.13. The minimum atomic E-state index is -2.92. The van der Waals surface area contributed by atoms with Gasteiger partial charge in [0.2, 0.25) is 0 Å². The molecule has 2 aromatic carbocycles. The molecule has 8 heteroatoms. The number of rotatable bonds is 7. The largest absolute Gasteiger partial charge is 0.435 e.